The summed E-state index contributed by atoms with van der Waals surface area (Å²) in [6, 6.07) is 21.2. The molecule has 0 aromatic heterocycles. The number of nitrogens with one attached hydrogen (secondary N) is 6. The van der Waals surface area contributed by atoms with Crippen LogP contribution in [-0.4, -0.2) is 84.8 Å². The van der Waals surface area contributed by atoms with Crippen molar-refractivity contribution in [2.45, 2.75) is 131 Å². The number of carbonyl (C=O) groups is 8. The van der Waals surface area contributed by atoms with E-state index >= 15 is 0 Å². The van der Waals surface area contributed by atoms with E-state index in [1.54, 1.807) is 84.9 Å². The Balaban J connectivity index is 0.000000291. The zero-order chi connectivity index (χ0) is 58.3. The van der Waals surface area contributed by atoms with Gasteiger partial charge in [0, 0.05) is 48.1 Å². The summed E-state index contributed by atoms with van der Waals surface area (Å²) in [5, 5.41) is 27.8. The van der Waals surface area contributed by atoms with Crippen molar-refractivity contribution in [3.05, 3.63) is 127 Å². The van der Waals surface area contributed by atoms with Crippen LogP contribution in [0.5, 0.6) is 0 Å². The molecule has 2 saturated carbocycles. The second kappa shape index (κ2) is 28.3. The number of rotatable bonds is 20. The molecule has 0 saturated heterocycles. The van der Waals surface area contributed by atoms with Crippen LogP contribution in [0.15, 0.2) is 84.9 Å². The first-order chi connectivity index (χ1) is 37.2. The average Bonchev–Trinajstić information content (AvgIpc) is 4.09. The summed E-state index contributed by atoms with van der Waals surface area (Å²) >= 11 is 24.5. The van der Waals surface area contributed by atoms with Crippen molar-refractivity contribution in [2.24, 2.45) is 21.7 Å². The monoisotopic (exact) mass is 1160 g/mol. The minimum absolute atomic E-state index is 0.0666. The number of hydrogen-bond donors (Lipinski definition) is 7. The van der Waals surface area contributed by atoms with Crippen molar-refractivity contribution in [1.29, 1.82) is 0 Å². The van der Waals surface area contributed by atoms with Gasteiger partial charge in [0.1, 0.15) is 12.1 Å². The quantitative estimate of drug-likeness (QED) is 0.0413. The van der Waals surface area contributed by atoms with E-state index in [1.807, 2.05) is 41.5 Å². The Bertz CT molecular complexity index is 2800. The van der Waals surface area contributed by atoms with Crippen LogP contribution in [0, 0.1) is 21.7 Å². The highest BCUT2D eigenvalue weighted by Gasteiger charge is 2.44. The number of esters is 1. The summed E-state index contributed by atoms with van der Waals surface area (Å²) in [5.41, 5.74) is 0.402. The maximum absolute atomic E-state index is 13.5. The molecule has 0 bridgehead atoms. The molecule has 2 atom stereocenters. The van der Waals surface area contributed by atoms with Gasteiger partial charge in [-0.1, -0.05) is 150 Å². The Kier molecular flexibility index (Phi) is 22.8. The molecule has 4 aromatic rings. The smallest absolute Gasteiger partial charge is 0.328 e. The fourth-order valence-corrected chi connectivity index (χ4v) is 10.7. The summed E-state index contributed by atoms with van der Waals surface area (Å²) in [7, 11) is 1.29. The molecular weight excluding hydrogens is 1090 g/mol. The first-order valence-corrected chi connectivity index (χ1v) is 27.9. The van der Waals surface area contributed by atoms with Crippen LogP contribution < -0.4 is 31.9 Å². The number of anilines is 2. The molecule has 2 unspecified atom stereocenters. The fraction of sp³-hybridized carbons (Fsp3) is 0.458. The van der Waals surface area contributed by atoms with Crippen molar-refractivity contribution >= 4 is 105 Å². The Morgan fingerprint density at radius 1 is 0.532 bits per heavy atom. The second-order valence-electron chi connectivity index (χ2n) is 22.3. The van der Waals surface area contributed by atoms with Gasteiger partial charge in [0.05, 0.1) is 49.2 Å². The van der Waals surface area contributed by atoms with Crippen LogP contribution in [0.4, 0.5) is 11.4 Å². The van der Waals surface area contributed by atoms with Crippen LogP contribution in [0.2, 0.25) is 20.1 Å². The lowest BCUT2D eigenvalue weighted by Crippen LogP contribution is -2.50. The molecule has 7 N–H and O–H groups in total. The van der Waals surface area contributed by atoms with E-state index in [-0.39, 0.29) is 67.7 Å². The summed E-state index contributed by atoms with van der Waals surface area (Å²) in [4.78, 5) is 101. The molecule has 0 radical (unpaired) electrons. The van der Waals surface area contributed by atoms with Gasteiger partial charge >= 0.3 is 11.9 Å². The molecule has 16 nitrogen and oxygen atoms in total. The Morgan fingerprint density at radius 2 is 0.861 bits per heavy atom. The molecule has 2 aliphatic rings. The number of amides is 6. The number of hydrogen-bond acceptors (Lipinski definition) is 9. The minimum atomic E-state index is -1.14. The summed E-state index contributed by atoms with van der Waals surface area (Å²) in [6.07, 6.45) is 7.52. The van der Waals surface area contributed by atoms with Gasteiger partial charge in [0.25, 0.3) is 11.8 Å². The Morgan fingerprint density at radius 3 is 1.18 bits per heavy atom. The molecule has 2 fully saturated rings. The molecule has 2 aliphatic carbocycles. The van der Waals surface area contributed by atoms with Gasteiger partial charge in [-0.15, -0.1) is 0 Å². The number of benzene rings is 4. The fourth-order valence-electron chi connectivity index (χ4n) is 9.54. The topological polar surface area (TPSA) is 238 Å². The lowest BCUT2D eigenvalue weighted by Gasteiger charge is -2.30. The van der Waals surface area contributed by atoms with Crippen LogP contribution in [-0.2, 0) is 46.3 Å². The molecule has 20 heteroatoms. The van der Waals surface area contributed by atoms with Gasteiger partial charge < -0.3 is 41.7 Å². The Labute approximate surface area is 482 Å². The van der Waals surface area contributed by atoms with Crippen LogP contribution >= 0.6 is 46.4 Å². The molecule has 426 valence electrons. The number of methoxy groups -OCH3 is 1. The maximum Gasteiger partial charge on any atom is 0.328 e. The largest absolute Gasteiger partial charge is 0.480 e. The maximum atomic E-state index is 13.5. The minimum Gasteiger partial charge on any atom is -0.480 e. The molecule has 0 aliphatic heterocycles. The normalized spacial score (nSPS) is 15.2. The van der Waals surface area contributed by atoms with Crippen LogP contribution in [0.3, 0.4) is 0 Å². The molecule has 6 amide bonds. The van der Waals surface area contributed by atoms with Crippen molar-refractivity contribution in [3.63, 3.8) is 0 Å². The standard InChI is InChI=1S/C30H37Cl2N3O5.C29H35Cl2N3O5/c1-29(2,3)27(38)33-17-16-30(14-5-6-15-30)28(39)35-23(26(37)40-4)18-19-10-12-20(13-11-19)34-25(36)24-21(31)8-7-9-22(24)32;1-28(2,3)26(38)32-16-15-29(13-4-5-14-29)27(39)34-22(25(36)37)17-18-9-11-19(12-10-18)33-24(35)23-20(30)7-6-8-21(23)31/h7-13,23H,5-6,14-18H2,1-4H3,(H,33,38)(H,34,36)(H,35,39);6-12,22H,4-5,13-17H2,1-3H3,(H,32,38)(H,33,35)(H,34,39)(H,36,37). The molecule has 0 spiro atoms. The second-order valence-corrected chi connectivity index (χ2v) is 23.9. The van der Waals surface area contributed by atoms with Crippen LogP contribution in [0.1, 0.15) is 138 Å². The number of halogens is 4. The zero-order valence-electron chi connectivity index (χ0n) is 45.8. The van der Waals surface area contributed by atoms with E-state index in [1.165, 1.54) is 7.11 Å². The third kappa shape index (κ3) is 17.9. The van der Waals surface area contributed by atoms with Crippen molar-refractivity contribution in [2.75, 3.05) is 30.8 Å². The van der Waals surface area contributed by atoms with Gasteiger partial charge in [-0.2, -0.15) is 0 Å². The number of ether oxygens (including phenoxy) is 1. The van der Waals surface area contributed by atoms with Crippen molar-refractivity contribution < 1.29 is 48.2 Å². The van der Waals surface area contributed by atoms with E-state index in [0.29, 0.717) is 68.6 Å². The molecule has 79 heavy (non-hydrogen) atoms. The lowest BCUT2D eigenvalue weighted by atomic mass is 9.81. The van der Waals surface area contributed by atoms with Crippen molar-refractivity contribution in [3.8, 4) is 0 Å². The predicted molar refractivity (Wildman–Crippen MR) is 309 cm³/mol. The van der Waals surface area contributed by atoms with Crippen LogP contribution in [0.25, 0.3) is 0 Å². The van der Waals surface area contributed by atoms with Gasteiger partial charge in [-0.3, -0.25) is 28.8 Å². The zero-order valence-corrected chi connectivity index (χ0v) is 48.8. The molecule has 4 aromatic carbocycles. The molecule has 6 rings (SSSR count). The predicted octanol–water partition coefficient (Wildman–Crippen LogP) is 11.0. The number of carboxylic acid groups (broad SMARTS) is 1. The molecular formula is C59H72Cl4N6O10. The highest BCUT2D eigenvalue weighted by Crippen LogP contribution is 2.43. The summed E-state index contributed by atoms with van der Waals surface area (Å²) in [5.74, 6) is -3.24. The highest BCUT2D eigenvalue weighted by atomic mass is 35.5. The van der Waals surface area contributed by atoms with Gasteiger partial charge in [-0.25, -0.2) is 9.59 Å². The lowest BCUT2D eigenvalue weighted by molar-refractivity contribution is -0.146. The number of carboxylic acids is 1. The van der Waals surface area contributed by atoms with Gasteiger partial charge in [-0.05, 0) is 98.2 Å². The van der Waals surface area contributed by atoms with E-state index in [9.17, 15) is 43.5 Å². The highest BCUT2D eigenvalue weighted by molar-refractivity contribution is 6.41. The average molecular weight is 1170 g/mol. The summed E-state index contributed by atoms with van der Waals surface area (Å²) < 4.78 is 4.99. The number of aliphatic carboxylic acids is 1. The van der Waals surface area contributed by atoms with Gasteiger partial charge in [0.2, 0.25) is 23.6 Å². The van der Waals surface area contributed by atoms with E-state index in [0.717, 1.165) is 31.2 Å². The van der Waals surface area contributed by atoms with Crippen molar-refractivity contribution in [1.82, 2.24) is 21.3 Å². The summed E-state index contributed by atoms with van der Waals surface area (Å²) in [6.45, 7) is 11.8. The SMILES string of the molecule is CC(C)(C)C(=O)NCCC1(C(=O)NC(Cc2ccc(NC(=O)c3c(Cl)cccc3Cl)cc2)C(=O)O)CCCC1.COC(=O)C(Cc1ccc(NC(=O)c2c(Cl)cccc2Cl)cc1)NC(=O)C1(CCNC(=O)C(C)(C)C)CCCC1. The van der Waals surface area contributed by atoms with E-state index in [2.05, 4.69) is 31.9 Å². The molecule has 0 heterocycles. The third-order valence-corrected chi connectivity index (χ3v) is 15.6. The van der Waals surface area contributed by atoms with E-state index in [4.69, 9.17) is 51.1 Å². The van der Waals surface area contributed by atoms with Gasteiger partial charge in [0.15, 0.2) is 0 Å². The third-order valence-electron chi connectivity index (χ3n) is 14.3. The Hall–Kier alpha value is -6.20. The number of carbonyl (C=O) groups excluding carboxylic acids is 7. The first kappa shape index (κ1) is 63.6. The van der Waals surface area contributed by atoms with E-state index < -0.39 is 57.5 Å². The first-order valence-electron chi connectivity index (χ1n) is 26.4.